The van der Waals surface area contributed by atoms with Gasteiger partial charge in [0.1, 0.15) is 35.5 Å². The van der Waals surface area contributed by atoms with Gasteiger partial charge in [0.2, 0.25) is 0 Å². The number of carboxylic acids is 1. The molecular weight excluding hydrogens is 282 g/mol. The normalized spacial score (nSPS) is 10.1. The summed E-state index contributed by atoms with van der Waals surface area (Å²) in [4.78, 5) is 10.9. The van der Waals surface area contributed by atoms with Gasteiger partial charge in [0.25, 0.3) is 0 Å². The van der Waals surface area contributed by atoms with Crippen molar-refractivity contribution < 1.29 is 19.1 Å². The molecule has 0 radical (unpaired) electrons. The van der Waals surface area contributed by atoms with E-state index in [0.29, 0.717) is 27.9 Å². The lowest BCUT2D eigenvalue weighted by atomic mass is 10.2. The number of ether oxygens (including phenoxy) is 1. The average Bonchev–Trinajstić information content (AvgIpc) is 2.78. The second-order valence-corrected chi connectivity index (χ2v) is 4.44. The van der Waals surface area contributed by atoms with Gasteiger partial charge in [-0.2, -0.15) is 5.26 Å². The van der Waals surface area contributed by atoms with E-state index in [1.165, 1.54) is 12.1 Å². The van der Waals surface area contributed by atoms with E-state index >= 15 is 0 Å². The molecular formula is C14H10ClNO4. The Morgan fingerprint density at radius 2 is 2.25 bits per heavy atom. The molecule has 0 unspecified atom stereocenters. The van der Waals surface area contributed by atoms with Crippen molar-refractivity contribution in [2.75, 3.05) is 0 Å². The molecule has 2 aromatic rings. The number of aromatic carboxylic acids is 1. The monoisotopic (exact) mass is 291 g/mol. The molecule has 6 heteroatoms. The highest BCUT2D eigenvalue weighted by Gasteiger charge is 2.14. The number of nitrogens with zero attached hydrogens (tertiary/aromatic N) is 1. The van der Waals surface area contributed by atoms with E-state index in [2.05, 4.69) is 0 Å². The van der Waals surface area contributed by atoms with E-state index < -0.39 is 5.97 Å². The van der Waals surface area contributed by atoms with Crippen LogP contribution in [0.2, 0.25) is 5.02 Å². The predicted molar refractivity (Wildman–Crippen MR) is 70.9 cm³/mol. The van der Waals surface area contributed by atoms with Crippen LogP contribution in [0.15, 0.2) is 28.7 Å². The first-order valence-corrected chi connectivity index (χ1v) is 6.04. The molecule has 5 nitrogen and oxygen atoms in total. The third-order valence-corrected chi connectivity index (χ3v) is 2.95. The number of halogens is 1. The van der Waals surface area contributed by atoms with Crippen LogP contribution in [0.3, 0.4) is 0 Å². The molecule has 0 saturated heterocycles. The fraction of sp³-hybridized carbons (Fsp3) is 0.143. The second kappa shape index (κ2) is 5.68. The zero-order chi connectivity index (χ0) is 14.7. The van der Waals surface area contributed by atoms with Gasteiger partial charge in [0.05, 0.1) is 10.6 Å². The molecule has 0 amide bonds. The van der Waals surface area contributed by atoms with Crippen molar-refractivity contribution in [1.82, 2.24) is 0 Å². The molecule has 1 aromatic heterocycles. The van der Waals surface area contributed by atoms with E-state index in [0.717, 1.165) is 0 Å². The average molecular weight is 292 g/mol. The SMILES string of the molecule is Cc1oc(COc2ccc(C#N)c(Cl)c2)cc1C(=O)O. The van der Waals surface area contributed by atoms with E-state index in [1.54, 1.807) is 19.1 Å². The minimum Gasteiger partial charge on any atom is -0.486 e. The summed E-state index contributed by atoms with van der Waals surface area (Å²) in [5, 5.41) is 18.0. The molecule has 0 spiro atoms. The Kier molecular flexibility index (Phi) is 3.97. The highest BCUT2D eigenvalue weighted by molar-refractivity contribution is 6.31. The van der Waals surface area contributed by atoms with Gasteiger partial charge in [0.15, 0.2) is 0 Å². The number of rotatable bonds is 4. The number of nitriles is 1. The topological polar surface area (TPSA) is 83.5 Å². The summed E-state index contributed by atoms with van der Waals surface area (Å²) in [7, 11) is 0. The van der Waals surface area contributed by atoms with Crippen molar-refractivity contribution in [2.45, 2.75) is 13.5 Å². The minimum atomic E-state index is -1.04. The van der Waals surface area contributed by atoms with Crippen molar-refractivity contribution in [3.8, 4) is 11.8 Å². The number of carboxylic acid groups (broad SMARTS) is 1. The Morgan fingerprint density at radius 1 is 1.50 bits per heavy atom. The third-order valence-electron chi connectivity index (χ3n) is 2.64. The first-order valence-electron chi connectivity index (χ1n) is 5.66. The van der Waals surface area contributed by atoms with Gasteiger partial charge < -0.3 is 14.3 Å². The number of benzene rings is 1. The van der Waals surface area contributed by atoms with Crippen LogP contribution in [-0.4, -0.2) is 11.1 Å². The van der Waals surface area contributed by atoms with Crippen LogP contribution in [0.25, 0.3) is 0 Å². The maximum atomic E-state index is 10.9. The van der Waals surface area contributed by atoms with Crippen molar-refractivity contribution >= 4 is 17.6 Å². The molecule has 0 aliphatic heterocycles. The Bertz CT molecular complexity index is 700. The largest absolute Gasteiger partial charge is 0.486 e. The smallest absolute Gasteiger partial charge is 0.339 e. The first kappa shape index (κ1) is 14.0. The minimum absolute atomic E-state index is 0.0797. The predicted octanol–water partition coefficient (Wildman–Crippen LogP) is 3.39. The Hall–Kier alpha value is -2.45. The summed E-state index contributed by atoms with van der Waals surface area (Å²) in [6, 6.07) is 8.05. The van der Waals surface area contributed by atoms with Crippen molar-refractivity contribution in [1.29, 1.82) is 5.26 Å². The van der Waals surface area contributed by atoms with Gasteiger partial charge in [-0.15, -0.1) is 0 Å². The zero-order valence-corrected chi connectivity index (χ0v) is 11.3. The van der Waals surface area contributed by atoms with Gasteiger partial charge in [-0.25, -0.2) is 4.79 Å². The summed E-state index contributed by atoms with van der Waals surface area (Å²) >= 11 is 5.88. The van der Waals surface area contributed by atoms with Crippen molar-refractivity contribution in [3.63, 3.8) is 0 Å². The van der Waals surface area contributed by atoms with Gasteiger partial charge in [-0.1, -0.05) is 11.6 Å². The molecule has 0 bridgehead atoms. The Morgan fingerprint density at radius 3 is 2.80 bits per heavy atom. The summed E-state index contributed by atoms with van der Waals surface area (Å²) in [5.74, 6) is 0.160. The quantitative estimate of drug-likeness (QED) is 0.933. The van der Waals surface area contributed by atoms with E-state index in [1.807, 2.05) is 6.07 Å². The van der Waals surface area contributed by atoms with Gasteiger partial charge in [0, 0.05) is 6.07 Å². The maximum Gasteiger partial charge on any atom is 0.339 e. The molecule has 1 aromatic carbocycles. The lowest BCUT2D eigenvalue weighted by molar-refractivity contribution is 0.0695. The Labute approximate surface area is 120 Å². The van der Waals surface area contributed by atoms with Crippen molar-refractivity contribution in [3.05, 3.63) is 51.9 Å². The fourth-order valence-corrected chi connectivity index (χ4v) is 1.87. The zero-order valence-electron chi connectivity index (χ0n) is 10.5. The maximum absolute atomic E-state index is 10.9. The lowest BCUT2D eigenvalue weighted by Crippen LogP contribution is -1.96. The number of hydrogen-bond acceptors (Lipinski definition) is 4. The highest BCUT2D eigenvalue weighted by atomic mass is 35.5. The Balaban J connectivity index is 2.09. The summed E-state index contributed by atoms with van der Waals surface area (Å²) in [6.45, 7) is 1.65. The van der Waals surface area contributed by atoms with E-state index in [4.69, 9.17) is 31.1 Å². The number of hydrogen-bond donors (Lipinski definition) is 1. The summed E-state index contributed by atoms with van der Waals surface area (Å²) in [5.41, 5.74) is 0.475. The number of aryl methyl sites for hydroxylation is 1. The molecule has 0 atom stereocenters. The molecule has 102 valence electrons. The molecule has 1 N–H and O–H groups in total. The lowest BCUT2D eigenvalue weighted by Gasteiger charge is -2.05. The molecule has 0 aliphatic rings. The van der Waals surface area contributed by atoms with Crippen LogP contribution in [0.5, 0.6) is 5.75 Å². The second-order valence-electron chi connectivity index (χ2n) is 4.03. The van der Waals surface area contributed by atoms with Gasteiger partial charge in [-0.05, 0) is 25.1 Å². The van der Waals surface area contributed by atoms with Crippen LogP contribution in [-0.2, 0) is 6.61 Å². The standard InChI is InChI=1S/C14H10ClNO4/c1-8-12(14(17)18)4-11(20-8)7-19-10-3-2-9(6-16)13(15)5-10/h2-5H,7H2,1H3,(H,17,18). The molecule has 20 heavy (non-hydrogen) atoms. The van der Waals surface area contributed by atoms with Crippen molar-refractivity contribution in [2.24, 2.45) is 0 Å². The molecule has 0 fully saturated rings. The van der Waals surface area contributed by atoms with Crippen LogP contribution in [0.1, 0.15) is 27.4 Å². The van der Waals surface area contributed by atoms with Crippen LogP contribution in [0, 0.1) is 18.3 Å². The third kappa shape index (κ3) is 2.92. The molecule has 1 heterocycles. The fourth-order valence-electron chi connectivity index (χ4n) is 1.66. The van der Waals surface area contributed by atoms with Crippen LogP contribution >= 0.6 is 11.6 Å². The van der Waals surface area contributed by atoms with Gasteiger partial charge >= 0.3 is 5.97 Å². The number of furan rings is 1. The van der Waals surface area contributed by atoms with Crippen LogP contribution in [0.4, 0.5) is 0 Å². The summed E-state index contributed by atoms with van der Waals surface area (Å²) in [6.07, 6.45) is 0. The first-order chi connectivity index (χ1) is 9.51. The molecule has 0 aliphatic carbocycles. The molecule has 2 rings (SSSR count). The summed E-state index contributed by atoms with van der Waals surface area (Å²) < 4.78 is 10.7. The van der Waals surface area contributed by atoms with Gasteiger partial charge in [-0.3, -0.25) is 0 Å². The highest BCUT2D eigenvalue weighted by Crippen LogP contribution is 2.23. The van der Waals surface area contributed by atoms with E-state index in [-0.39, 0.29) is 12.2 Å². The van der Waals surface area contributed by atoms with Crippen LogP contribution < -0.4 is 4.74 Å². The molecule has 0 saturated carbocycles. The van der Waals surface area contributed by atoms with E-state index in [9.17, 15) is 4.79 Å². The number of carbonyl (C=O) groups is 1.